The molecule has 86 valence electrons. The zero-order valence-corrected chi connectivity index (χ0v) is 8.38. The number of aliphatic hydroxyl groups excluding tert-OH is 2. The topological polar surface area (TPSA) is 73.7 Å². The van der Waals surface area contributed by atoms with E-state index in [1.54, 1.807) is 0 Å². The molecule has 5 nitrogen and oxygen atoms in total. The molecule has 2 N–H and O–H groups in total. The normalized spacial score (nSPS) is 24.8. The van der Waals surface area contributed by atoms with Crippen molar-refractivity contribution in [1.29, 1.82) is 0 Å². The zero-order chi connectivity index (χ0) is 11.7. The molecule has 0 bridgehead atoms. The third-order valence-corrected chi connectivity index (χ3v) is 2.50. The number of amides is 1. The number of carbonyl (C=O) groups is 1. The molecule has 1 aliphatic rings. The molecule has 1 aliphatic heterocycles. The van der Waals surface area contributed by atoms with Crippen molar-refractivity contribution in [3.63, 3.8) is 0 Å². The molecule has 1 amide bonds. The summed E-state index contributed by atoms with van der Waals surface area (Å²) in [4.78, 5) is 16.6. The molecule has 0 aromatic carbocycles. The van der Waals surface area contributed by atoms with Crippen LogP contribution in [0.5, 0.6) is 0 Å². The first-order valence-corrected chi connectivity index (χ1v) is 4.84. The summed E-state index contributed by atoms with van der Waals surface area (Å²) in [6.45, 7) is 0.104. The number of halogens is 1. The van der Waals surface area contributed by atoms with Gasteiger partial charge in [-0.3, -0.25) is 9.78 Å². The Kier molecular flexibility index (Phi) is 2.84. The van der Waals surface area contributed by atoms with Crippen LogP contribution in [0.15, 0.2) is 18.5 Å². The van der Waals surface area contributed by atoms with E-state index in [0.29, 0.717) is 0 Å². The fourth-order valence-electron chi connectivity index (χ4n) is 1.65. The van der Waals surface area contributed by atoms with Crippen molar-refractivity contribution in [1.82, 2.24) is 9.88 Å². The number of carbonyl (C=O) groups excluding carboxylic acids is 1. The summed E-state index contributed by atoms with van der Waals surface area (Å²) >= 11 is 0. The Morgan fingerprint density at radius 2 is 2.00 bits per heavy atom. The van der Waals surface area contributed by atoms with Gasteiger partial charge in [0.1, 0.15) is 5.82 Å². The van der Waals surface area contributed by atoms with E-state index in [1.807, 2.05) is 0 Å². The number of β-amino-alcohol motifs (C(OH)–C–C–N with tert-alkyl or cyclic N) is 2. The second kappa shape index (κ2) is 4.15. The lowest BCUT2D eigenvalue weighted by Gasteiger charge is -2.14. The fraction of sp³-hybridized carbons (Fsp3) is 0.400. The molecular formula is C10H11FN2O3. The Bertz CT molecular complexity index is 403. The summed E-state index contributed by atoms with van der Waals surface area (Å²) < 4.78 is 12.8. The molecule has 2 rings (SSSR count). The van der Waals surface area contributed by atoms with E-state index in [1.165, 1.54) is 11.1 Å². The van der Waals surface area contributed by atoms with E-state index in [4.69, 9.17) is 0 Å². The summed E-state index contributed by atoms with van der Waals surface area (Å²) in [6.07, 6.45) is 0.378. The van der Waals surface area contributed by atoms with Gasteiger partial charge in [-0.05, 0) is 6.07 Å². The van der Waals surface area contributed by atoms with Crippen LogP contribution < -0.4 is 0 Å². The molecule has 0 aliphatic carbocycles. The molecule has 2 heterocycles. The van der Waals surface area contributed by atoms with Crippen LogP contribution in [0.25, 0.3) is 0 Å². The van der Waals surface area contributed by atoms with Gasteiger partial charge in [0.05, 0.1) is 24.0 Å². The first-order valence-electron chi connectivity index (χ1n) is 4.84. The monoisotopic (exact) mass is 226 g/mol. The molecule has 2 atom stereocenters. The largest absolute Gasteiger partial charge is 0.388 e. The lowest BCUT2D eigenvalue weighted by Crippen LogP contribution is -2.29. The van der Waals surface area contributed by atoms with Crippen LogP contribution >= 0.6 is 0 Å². The molecule has 6 heteroatoms. The lowest BCUT2D eigenvalue weighted by atomic mass is 10.2. The van der Waals surface area contributed by atoms with Crippen LogP contribution in [0.1, 0.15) is 10.4 Å². The van der Waals surface area contributed by atoms with Crippen molar-refractivity contribution in [3.8, 4) is 0 Å². The van der Waals surface area contributed by atoms with Crippen LogP contribution in [0.2, 0.25) is 0 Å². The summed E-state index contributed by atoms with van der Waals surface area (Å²) in [5.41, 5.74) is 0.112. The van der Waals surface area contributed by atoms with E-state index >= 15 is 0 Å². The van der Waals surface area contributed by atoms with Crippen LogP contribution in [-0.4, -0.2) is 51.3 Å². The van der Waals surface area contributed by atoms with Crippen LogP contribution in [0.3, 0.4) is 0 Å². The minimum Gasteiger partial charge on any atom is -0.388 e. The van der Waals surface area contributed by atoms with E-state index in [0.717, 1.165) is 12.3 Å². The second-order valence-electron chi connectivity index (χ2n) is 3.74. The van der Waals surface area contributed by atoms with Crippen molar-refractivity contribution in [3.05, 3.63) is 29.8 Å². The first kappa shape index (κ1) is 11.0. The Labute approximate surface area is 91.1 Å². The fourth-order valence-corrected chi connectivity index (χ4v) is 1.65. The smallest absolute Gasteiger partial charge is 0.255 e. The number of aromatic nitrogens is 1. The molecular weight excluding hydrogens is 215 g/mol. The Morgan fingerprint density at radius 3 is 2.56 bits per heavy atom. The van der Waals surface area contributed by atoms with Crippen molar-refractivity contribution >= 4 is 5.91 Å². The van der Waals surface area contributed by atoms with E-state index in [9.17, 15) is 19.4 Å². The van der Waals surface area contributed by atoms with Gasteiger partial charge in [0.25, 0.3) is 5.91 Å². The van der Waals surface area contributed by atoms with Gasteiger partial charge >= 0.3 is 0 Å². The first-order chi connectivity index (χ1) is 7.58. The maximum Gasteiger partial charge on any atom is 0.255 e. The van der Waals surface area contributed by atoms with Crippen LogP contribution in [0.4, 0.5) is 4.39 Å². The number of likely N-dealkylation sites (tertiary alicyclic amines) is 1. The van der Waals surface area contributed by atoms with Crippen LogP contribution in [0, 0.1) is 5.82 Å². The average molecular weight is 226 g/mol. The van der Waals surface area contributed by atoms with Gasteiger partial charge < -0.3 is 15.1 Å². The van der Waals surface area contributed by atoms with Crippen molar-refractivity contribution < 1.29 is 19.4 Å². The minimum atomic E-state index is -0.939. The molecule has 16 heavy (non-hydrogen) atoms. The third-order valence-electron chi connectivity index (χ3n) is 2.50. The maximum atomic E-state index is 12.8. The minimum absolute atomic E-state index is 0.0521. The second-order valence-corrected chi connectivity index (χ2v) is 3.74. The Morgan fingerprint density at radius 1 is 1.38 bits per heavy atom. The summed E-state index contributed by atoms with van der Waals surface area (Å²) in [7, 11) is 0. The van der Waals surface area contributed by atoms with Gasteiger partial charge in [0.2, 0.25) is 0 Å². The average Bonchev–Trinajstić information content (AvgIpc) is 2.58. The standard InChI is InChI=1S/C10H11FN2O3/c11-7-1-6(2-12-3-7)10(16)13-4-8(14)9(15)5-13/h1-3,8-9,14-15H,4-5H2. The van der Waals surface area contributed by atoms with Gasteiger partial charge in [0.15, 0.2) is 0 Å². The van der Waals surface area contributed by atoms with Crippen molar-refractivity contribution in [2.24, 2.45) is 0 Å². The predicted octanol–water partition coefficient (Wildman–Crippen LogP) is -0.602. The summed E-state index contributed by atoms with van der Waals surface area (Å²) in [6, 6.07) is 1.08. The highest BCUT2D eigenvalue weighted by molar-refractivity contribution is 5.94. The third kappa shape index (κ3) is 2.02. The van der Waals surface area contributed by atoms with Gasteiger partial charge in [-0.25, -0.2) is 4.39 Å². The van der Waals surface area contributed by atoms with Gasteiger partial charge in [-0.1, -0.05) is 0 Å². The molecule has 0 spiro atoms. The zero-order valence-electron chi connectivity index (χ0n) is 8.38. The SMILES string of the molecule is O=C(c1cncc(F)c1)N1CC(O)C(O)C1. The van der Waals surface area contributed by atoms with E-state index in [2.05, 4.69) is 4.98 Å². The van der Waals surface area contributed by atoms with E-state index in [-0.39, 0.29) is 18.7 Å². The molecule has 1 fully saturated rings. The van der Waals surface area contributed by atoms with Crippen LogP contribution in [-0.2, 0) is 0 Å². The van der Waals surface area contributed by atoms with Crippen molar-refractivity contribution in [2.75, 3.05) is 13.1 Å². The molecule has 2 unspecified atom stereocenters. The number of nitrogens with zero attached hydrogens (tertiary/aromatic N) is 2. The number of hydrogen-bond donors (Lipinski definition) is 2. The van der Waals surface area contributed by atoms with E-state index < -0.39 is 23.9 Å². The predicted molar refractivity (Wildman–Crippen MR) is 52.1 cm³/mol. The Hall–Kier alpha value is -1.53. The molecule has 1 aromatic heterocycles. The Balaban J connectivity index is 2.14. The van der Waals surface area contributed by atoms with Gasteiger partial charge in [-0.2, -0.15) is 0 Å². The highest BCUT2D eigenvalue weighted by Gasteiger charge is 2.33. The quantitative estimate of drug-likeness (QED) is 0.670. The van der Waals surface area contributed by atoms with Gasteiger partial charge in [0, 0.05) is 19.3 Å². The molecule has 1 saturated heterocycles. The molecule has 1 aromatic rings. The highest BCUT2D eigenvalue weighted by Crippen LogP contribution is 2.14. The lowest BCUT2D eigenvalue weighted by molar-refractivity contribution is 0.0572. The van der Waals surface area contributed by atoms with Crippen molar-refractivity contribution in [2.45, 2.75) is 12.2 Å². The summed E-state index contributed by atoms with van der Waals surface area (Å²) in [5.74, 6) is -1.03. The highest BCUT2D eigenvalue weighted by atomic mass is 19.1. The number of pyridine rings is 1. The summed E-state index contributed by atoms with van der Waals surface area (Å²) in [5, 5.41) is 18.6. The number of aliphatic hydroxyl groups is 2. The molecule has 0 radical (unpaired) electrons. The number of hydrogen-bond acceptors (Lipinski definition) is 4. The molecule has 0 saturated carbocycles. The van der Waals surface area contributed by atoms with Gasteiger partial charge in [-0.15, -0.1) is 0 Å². The number of rotatable bonds is 1. The maximum absolute atomic E-state index is 12.8.